The molecule has 33 heavy (non-hydrogen) atoms. The molecular weight excluding hydrogens is 414 g/mol. The number of para-hydroxylation sites is 1. The molecule has 1 N–H and O–H groups in total. The Kier molecular flexibility index (Phi) is 6.74. The first kappa shape index (κ1) is 22.1. The maximum atomic E-state index is 12.8. The average molecular weight is 442 g/mol. The highest BCUT2D eigenvalue weighted by molar-refractivity contribution is 6.02. The van der Waals surface area contributed by atoms with Gasteiger partial charge in [0.15, 0.2) is 5.76 Å². The second-order valence-electron chi connectivity index (χ2n) is 7.80. The third kappa shape index (κ3) is 5.23. The molecule has 0 bridgehead atoms. The Bertz CT molecular complexity index is 1250. The van der Waals surface area contributed by atoms with Crippen LogP contribution >= 0.6 is 0 Å². The molecule has 0 aliphatic rings. The fourth-order valence-corrected chi connectivity index (χ4v) is 3.66. The van der Waals surface area contributed by atoms with Crippen molar-refractivity contribution in [1.29, 1.82) is 0 Å². The van der Waals surface area contributed by atoms with Crippen LogP contribution in [0, 0.1) is 13.8 Å². The highest BCUT2D eigenvalue weighted by Gasteiger charge is 2.18. The molecule has 0 saturated heterocycles. The summed E-state index contributed by atoms with van der Waals surface area (Å²) in [5, 5.41) is 7.53. The van der Waals surface area contributed by atoms with Gasteiger partial charge in [-0.2, -0.15) is 5.10 Å². The normalized spacial score (nSPS) is 10.7. The molecule has 2 aromatic heterocycles. The topological polar surface area (TPSA) is 69.3 Å². The number of aryl methyl sites for hydroxylation is 1. The van der Waals surface area contributed by atoms with Crippen LogP contribution in [0.5, 0.6) is 5.75 Å². The first-order chi connectivity index (χ1) is 16.0. The number of anilines is 1. The molecule has 168 valence electrons. The molecule has 6 heteroatoms. The highest BCUT2D eigenvalue weighted by atomic mass is 16.5. The lowest BCUT2D eigenvalue weighted by molar-refractivity contribution is 0.0992. The summed E-state index contributed by atoms with van der Waals surface area (Å²) in [4.78, 5) is 12.8. The molecule has 0 saturated carbocycles. The molecule has 1 amide bonds. The number of furan rings is 1. The molecule has 2 heterocycles. The lowest BCUT2D eigenvalue weighted by Crippen LogP contribution is -2.12. The van der Waals surface area contributed by atoms with Gasteiger partial charge in [0, 0.05) is 0 Å². The Hall–Kier alpha value is -4.06. The molecule has 0 aliphatic carbocycles. The average Bonchev–Trinajstić information content (AvgIpc) is 3.40. The molecule has 0 aliphatic heterocycles. The number of carbonyl (C=O) groups excluding carboxylic acids is 1. The van der Waals surface area contributed by atoms with Gasteiger partial charge in [0.2, 0.25) is 0 Å². The van der Waals surface area contributed by atoms with Crippen molar-refractivity contribution in [3.63, 3.8) is 0 Å². The molecule has 6 nitrogen and oxygen atoms in total. The molecule has 0 fully saturated rings. The molecule has 0 spiro atoms. The molecule has 4 rings (SSSR count). The van der Waals surface area contributed by atoms with Gasteiger partial charge in [-0.15, -0.1) is 6.58 Å². The second-order valence-corrected chi connectivity index (χ2v) is 7.80. The van der Waals surface area contributed by atoms with E-state index in [0.717, 1.165) is 34.7 Å². The Balaban J connectivity index is 1.41. The number of ether oxygens (including phenoxy) is 1. The van der Waals surface area contributed by atoms with Gasteiger partial charge >= 0.3 is 0 Å². The number of hydrogen-bond donors (Lipinski definition) is 1. The van der Waals surface area contributed by atoms with Gasteiger partial charge in [-0.05, 0) is 49.6 Å². The minimum Gasteiger partial charge on any atom is -0.485 e. The van der Waals surface area contributed by atoms with Crippen molar-refractivity contribution in [2.24, 2.45) is 0 Å². The summed E-state index contributed by atoms with van der Waals surface area (Å²) in [6, 6.07) is 21.3. The van der Waals surface area contributed by atoms with E-state index >= 15 is 0 Å². The number of nitrogens with one attached hydrogen (secondary N) is 1. The van der Waals surface area contributed by atoms with Gasteiger partial charge in [-0.25, -0.2) is 0 Å². The van der Waals surface area contributed by atoms with E-state index in [4.69, 9.17) is 9.15 Å². The van der Waals surface area contributed by atoms with Crippen molar-refractivity contribution in [1.82, 2.24) is 9.78 Å². The van der Waals surface area contributed by atoms with Crippen LogP contribution < -0.4 is 10.1 Å². The largest absolute Gasteiger partial charge is 0.485 e. The molecule has 0 radical (unpaired) electrons. The van der Waals surface area contributed by atoms with Crippen LogP contribution in [0.1, 0.15) is 38.8 Å². The Morgan fingerprint density at radius 2 is 1.85 bits per heavy atom. The minimum atomic E-state index is -0.321. The second kappa shape index (κ2) is 10.0. The van der Waals surface area contributed by atoms with E-state index in [1.54, 1.807) is 12.1 Å². The number of carbonyl (C=O) groups is 1. The van der Waals surface area contributed by atoms with Crippen molar-refractivity contribution in [2.75, 3.05) is 5.32 Å². The van der Waals surface area contributed by atoms with E-state index in [0.29, 0.717) is 18.0 Å². The summed E-state index contributed by atoms with van der Waals surface area (Å²) in [5.74, 6) is 1.25. The van der Waals surface area contributed by atoms with Gasteiger partial charge in [-0.3, -0.25) is 9.48 Å². The lowest BCUT2D eigenvalue weighted by Gasteiger charge is -2.09. The zero-order valence-corrected chi connectivity index (χ0v) is 18.9. The smallest absolute Gasteiger partial charge is 0.291 e. The van der Waals surface area contributed by atoms with Crippen LogP contribution in [0.2, 0.25) is 0 Å². The van der Waals surface area contributed by atoms with Crippen molar-refractivity contribution in [2.45, 2.75) is 33.4 Å². The van der Waals surface area contributed by atoms with E-state index in [1.807, 2.05) is 67.1 Å². The molecule has 0 atom stereocenters. The predicted molar refractivity (Wildman–Crippen MR) is 129 cm³/mol. The highest BCUT2D eigenvalue weighted by Crippen LogP contribution is 2.23. The number of benzene rings is 2. The molecule has 2 aromatic carbocycles. The lowest BCUT2D eigenvalue weighted by atomic mass is 10.1. The Morgan fingerprint density at radius 1 is 1.09 bits per heavy atom. The number of allylic oxidation sites excluding steroid dienone is 1. The molecule has 0 unspecified atom stereocenters. The zero-order chi connectivity index (χ0) is 23.2. The number of nitrogens with zero attached hydrogens (tertiary/aromatic N) is 2. The number of amides is 1. The first-order valence-corrected chi connectivity index (χ1v) is 10.8. The van der Waals surface area contributed by atoms with Gasteiger partial charge < -0.3 is 14.5 Å². The summed E-state index contributed by atoms with van der Waals surface area (Å²) in [7, 11) is 0. The summed E-state index contributed by atoms with van der Waals surface area (Å²) < 4.78 is 13.5. The van der Waals surface area contributed by atoms with E-state index in [9.17, 15) is 4.79 Å². The summed E-state index contributed by atoms with van der Waals surface area (Å²) in [6.45, 7) is 8.48. The van der Waals surface area contributed by atoms with Crippen molar-refractivity contribution in [3.05, 3.63) is 113 Å². The summed E-state index contributed by atoms with van der Waals surface area (Å²) >= 11 is 0. The predicted octanol–water partition coefficient (Wildman–Crippen LogP) is 5.70. The van der Waals surface area contributed by atoms with Gasteiger partial charge in [0.25, 0.3) is 5.91 Å². The van der Waals surface area contributed by atoms with Crippen LogP contribution in [0.3, 0.4) is 0 Å². The summed E-state index contributed by atoms with van der Waals surface area (Å²) in [6.07, 6.45) is 2.56. The minimum absolute atomic E-state index is 0.225. The quantitative estimate of drug-likeness (QED) is 0.338. The third-order valence-electron chi connectivity index (χ3n) is 5.39. The summed E-state index contributed by atoms with van der Waals surface area (Å²) in [5.41, 5.74) is 4.54. The fourth-order valence-electron chi connectivity index (χ4n) is 3.66. The third-order valence-corrected chi connectivity index (χ3v) is 5.39. The SMILES string of the molecule is C=CCc1ccccc1OCc1ccc(C(=O)Nc2c(C)nn(Cc3ccccc3)c2C)o1. The van der Waals surface area contributed by atoms with E-state index in [2.05, 4.69) is 29.1 Å². The standard InChI is InChI=1S/C27H27N3O3/c1-4-10-22-13-8-9-14-24(22)32-18-23-15-16-25(33-23)27(31)28-26-19(2)29-30(20(26)3)17-21-11-6-5-7-12-21/h4-9,11-16H,1,10,17-18H2,2-3H3,(H,28,31). The van der Waals surface area contributed by atoms with E-state index in [1.165, 1.54) is 0 Å². The number of rotatable bonds is 9. The van der Waals surface area contributed by atoms with Crippen molar-refractivity contribution in [3.8, 4) is 5.75 Å². The van der Waals surface area contributed by atoms with E-state index in [-0.39, 0.29) is 18.3 Å². The van der Waals surface area contributed by atoms with Crippen molar-refractivity contribution < 1.29 is 13.9 Å². The molecular formula is C27H27N3O3. The Labute approximate surface area is 193 Å². The van der Waals surface area contributed by atoms with Crippen LogP contribution in [-0.4, -0.2) is 15.7 Å². The zero-order valence-electron chi connectivity index (χ0n) is 18.9. The first-order valence-electron chi connectivity index (χ1n) is 10.8. The van der Waals surface area contributed by atoms with Gasteiger partial charge in [-0.1, -0.05) is 54.6 Å². The van der Waals surface area contributed by atoms with Gasteiger partial charge in [0.1, 0.15) is 18.1 Å². The van der Waals surface area contributed by atoms with Crippen LogP contribution in [-0.2, 0) is 19.6 Å². The molecule has 4 aromatic rings. The van der Waals surface area contributed by atoms with Gasteiger partial charge in [0.05, 0.1) is 23.6 Å². The van der Waals surface area contributed by atoms with E-state index < -0.39 is 0 Å². The maximum absolute atomic E-state index is 12.8. The fraction of sp³-hybridized carbons (Fsp3) is 0.185. The monoisotopic (exact) mass is 441 g/mol. The maximum Gasteiger partial charge on any atom is 0.291 e. The Morgan fingerprint density at radius 3 is 2.64 bits per heavy atom. The van der Waals surface area contributed by atoms with Crippen LogP contribution in [0.25, 0.3) is 0 Å². The van der Waals surface area contributed by atoms with Crippen molar-refractivity contribution >= 4 is 11.6 Å². The number of hydrogen-bond acceptors (Lipinski definition) is 4. The number of aromatic nitrogens is 2. The van der Waals surface area contributed by atoms with Crippen LogP contribution in [0.4, 0.5) is 5.69 Å². The van der Waals surface area contributed by atoms with Crippen LogP contribution in [0.15, 0.2) is 83.8 Å².